The molecule has 3 N–H and O–H groups in total. The van der Waals surface area contributed by atoms with Crippen LogP contribution in [0, 0.1) is 6.92 Å². The van der Waals surface area contributed by atoms with Gasteiger partial charge in [0.05, 0.1) is 11.4 Å². The number of nitrogens with one attached hydrogen (secondary N) is 1. The van der Waals surface area contributed by atoms with Crippen LogP contribution in [0.25, 0.3) is 0 Å². The lowest BCUT2D eigenvalue weighted by atomic mass is 10.1. The Bertz CT molecular complexity index is 534. The summed E-state index contributed by atoms with van der Waals surface area (Å²) in [5, 5.41) is 6.64. The van der Waals surface area contributed by atoms with Gasteiger partial charge in [0.15, 0.2) is 0 Å². The molecule has 1 aromatic heterocycles. The number of rotatable bonds is 4. The van der Waals surface area contributed by atoms with Gasteiger partial charge in [-0.25, -0.2) is 8.42 Å². The minimum atomic E-state index is -3.56. The van der Waals surface area contributed by atoms with E-state index >= 15 is 0 Å². The van der Waals surface area contributed by atoms with Crippen LogP contribution < -0.4 is 5.73 Å². The highest BCUT2D eigenvalue weighted by Crippen LogP contribution is 2.25. The van der Waals surface area contributed by atoms with Gasteiger partial charge in [0.1, 0.15) is 4.90 Å². The Morgan fingerprint density at radius 3 is 2.68 bits per heavy atom. The summed E-state index contributed by atoms with van der Waals surface area (Å²) in [7, 11) is -1.96. The molecular formula is C11H20N4O3S. The molecule has 19 heavy (non-hydrogen) atoms. The van der Waals surface area contributed by atoms with Crippen molar-refractivity contribution >= 4 is 10.0 Å². The Morgan fingerprint density at radius 2 is 2.11 bits per heavy atom. The second-order valence-electron chi connectivity index (χ2n) is 4.69. The van der Waals surface area contributed by atoms with Crippen molar-refractivity contribution in [1.29, 1.82) is 0 Å². The highest BCUT2D eigenvalue weighted by molar-refractivity contribution is 7.89. The molecule has 0 saturated carbocycles. The summed E-state index contributed by atoms with van der Waals surface area (Å²) in [4.78, 5) is 0.212. The van der Waals surface area contributed by atoms with Crippen molar-refractivity contribution in [3.63, 3.8) is 0 Å². The van der Waals surface area contributed by atoms with Crippen molar-refractivity contribution in [2.24, 2.45) is 5.73 Å². The van der Waals surface area contributed by atoms with E-state index < -0.39 is 10.0 Å². The van der Waals surface area contributed by atoms with Gasteiger partial charge in [0.25, 0.3) is 0 Å². The number of H-pyrrole nitrogens is 1. The zero-order valence-electron chi connectivity index (χ0n) is 11.2. The Hall–Kier alpha value is -0.960. The van der Waals surface area contributed by atoms with Gasteiger partial charge in [0, 0.05) is 32.8 Å². The molecule has 2 rings (SSSR count). The predicted octanol–water partition coefficient (Wildman–Crippen LogP) is -0.0237. The van der Waals surface area contributed by atoms with Gasteiger partial charge in [-0.2, -0.15) is 9.40 Å². The molecule has 0 aliphatic carbocycles. The van der Waals surface area contributed by atoms with Crippen molar-refractivity contribution in [2.75, 3.05) is 20.3 Å². The van der Waals surface area contributed by atoms with Crippen LogP contribution in [0.5, 0.6) is 0 Å². The van der Waals surface area contributed by atoms with E-state index in [-0.39, 0.29) is 17.5 Å². The topological polar surface area (TPSA) is 101 Å². The molecule has 0 bridgehead atoms. The van der Waals surface area contributed by atoms with Crippen LogP contribution in [-0.2, 0) is 21.3 Å². The zero-order valence-corrected chi connectivity index (χ0v) is 12.0. The third-order valence-corrected chi connectivity index (χ3v) is 5.61. The summed E-state index contributed by atoms with van der Waals surface area (Å²) in [6.07, 6.45) is 1.43. The standard InChI is InChI=1S/C11H20N4O3S/c1-8-11(10(7-12)14-13-8)19(16,17)15(2)9-3-5-18-6-4-9/h9H,3-7,12H2,1-2H3,(H,13,14). The summed E-state index contributed by atoms with van der Waals surface area (Å²) in [5.74, 6) is 0. The average Bonchev–Trinajstić information content (AvgIpc) is 2.80. The van der Waals surface area contributed by atoms with E-state index in [9.17, 15) is 8.42 Å². The smallest absolute Gasteiger partial charge is 0.246 e. The second-order valence-corrected chi connectivity index (χ2v) is 6.63. The monoisotopic (exact) mass is 288 g/mol. The first-order valence-electron chi connectivity index (χ1n) is 6.28. The Morgan fingerprint density at radius 1 is 1.47 bits per heavy atom. The molecule has 1 aliphatic rings. The average molecular weight is 288 g/mol. The Labute approximate surface area is 113 Å². The van der Waals surface area contributed by atoms with E-state index in [1.807, 2.05) is 0 Å². The number of nitrogens with two attached hydrogens (primary N) is 1. The lowest BCUT2D eigenvalue weighted by Crippen LogP contribution is -2.41. The maximum absolute atomic E-state index is 12.7. The summed E-state index contributed by atoms with van der Waals surface area (Å²) in [5.41, 5.74) is 6.47. The van der Waals surface area contributed by atoms with Crippen LogP contribution >= 0.6 is 0 Å². The van der Waals surface area contributed by atoms with Crippen LogP contribution in [0.15, 0.2) is 4.90 Å². The SMILES string of the molecule is Cc1[nH]nc(CN)c1S(=O)(=O)N(C)C1CCOCC1. The molecule has 2 heterocycles. The van der Waals surface area contributed by atoms with E-state index in [1.165, 1.54) is 4.31 Å². The fourth-order valence-corrected chi connectivity index (χ4v) is 4.09. The number of ether oxygens (including phenoxy) is 1. The molecule has 1 aliphatic heterocycles. The number of hydrogen-bond acceptors (Lipinski definition) is 5. The summed E-state index contributed by atoms with van der Waals surface area (Å²) >= 11 is 0. The number of nitrogens with zero attached hydrogens (tertiary/aromatic N) is 2. The van der Waals surface area contributed by atoms with Gasteiger partial charge < -0.3 is 10.5 Å². The number of sulfonamides is 1. The zero-order chi connectivity index (χ0) is 14.0. The van der Waals surface area contributed by atoms with Gasteiger partial charge in [-0.1, -0.05) is 0 Å². The maximum atomic E-state index is 12.7. The van der Waals surface area contributed by atoms with E-state index in [2.05, 4.69) is 10.2 Å². The first-order chi connectivity index (χ1) is 8.98. The quantitative estimate of drug-likeness (QED) is 0.810. The molecule has 1 fully saturated rings. The number of aryl methyl sites for hydroxylation is 1. The minimum absolute atomic E-state index is 0.0290. The predicted molar refractivity (Wildman–Crippen MR) is 70.0 cm³/mol. The molecule has 8 heteroatoms. The highest BCUT2D eigenvalue weighted by atomic mass is 32.2. The van der Waals surface area contributed by atoms with E-state index in [0.29, 0.717) is 37.4 Å². The number of aromatic nitrogens is 2. The normalized spacial score (nSPS) is 18.1. The molecule has 0 amide bonds. The number of hydrogen-bond donors (Lipinski definition) is 2. The van der Waals surface area contributed by atoms with Crippen molar-refractivity contribution in [1.82, 2.24) is 14.5 Å². The molecule has 0 unspecified atom stereocenters. The second kappa shape index (κ2) is 5.58. The molecular weight excluding hydrogens is 268 g/mol. The van der Waals surface area contributed by atoms with Crippen LogP contribution in [0.1, 0.15) is 24.2 Å². The fourth-order valence-electron chi connectivity index (χ4n) is 2.34. The van der Waals surface area contributed by atoms with E-state index in [0.717, 1.165) is 0 Å². The minimum Gasteiger partial charge on any atom is -0.381 e. The first-order valence-corrected chi connectivity index (χ1v) is 7.72. The Kier molecular flexibility index (Phi) is 4.24. The fraction of sp³-hybridized carbons (Fsp3) is 0.727. The van der Waals surface area contributed by atoms with Crippen LogP contribution in [0.3, 0.4) is 0 Å². The molecule has 108 valence electrons. The molecule has 1 aromatic rings. The molecule has 0 atom stereocenters. The van der Waals surface area contributed by atoms with Crippen molar-refractivity contribution in [3.8, 4) is 0 Å². The van der Waals surface area contributed by atoms with Gasteiger partial charge in [-0.05, 0) is 19.8 Å². The third kappa shape index (κ3) is 2.66. The van der Waals surface area contributed by atoms with Gasteiger partial charge >= 0.3 is 0 Å². The van der Waals surface area contributed by atoms with E-state index in [4.69, 9.17) is 10.5 Å². The molecule has 0 radical (unpaired) electrons. The Balaban J connectivity index is 2.33. The maximum Gasteiger partial charge on any atom is 0.246 e. The van der Waals surface area contributed by atoms with Crippen molar-refractivity contribution in [2.45, 2.75) is 37.2 Å². The molecule has 7 nitrogen and oxygen atoms in total. The van der Waals surface area contributed by atoms with Crippen LogP contribution in [-0.4, -0.2) is 49.2 Å². The molecule has 0 aromatic carbocycles. The molecule has 1 saturated heterocycles. The van der Waals surface area contributed by atoms with Crippen molar-refractivity contribution in [3.05, 3.63) is 11.4 Å². The first kappa shape index (κ1) is 14.4. The summed E-state index contributed by atoms with van der Waals surface area (Å²) < 4.78 is 32.0. The molecule has 0 spiro atoms. The highest BCUT2D eigenvalue weighted by Gasteiger charge is 2.33. The summed E-state index contributed by atoms with van der Waals surface area (Å²) in [6.45, 7) is 2.98. The number of aromatic amines is 1. The van der Waals surface area contributed by atoms with Gasteiger partial charge in [-0.3, -0.25) is 5.10 Å². The van der Waals surface area contributed by atoms with Crippen LogP contribution in [0.2, 0.25) is 0 Å². The third-order valence-electron chi connectivity index (χ3n) is 3.50. The van der Waals surface area contributed by atoms with Crippen LogP contribution in [0.4, 0.5) is 0 Å². The van der Waals surface area contributed by atoms with Gasteiger partial charge in [0.2, 0.25) is 10.0 Å². The lowest BCUT2D eigenvalue weighted by Gasteiger charge is -2.30. The largest absolute Gasteiger partial charge is 0.381 e. The summed E-state index contributed by atoms with van der Waals surface area (Å²) in [6, 6.07) is -0.0290. The van der Waals surface area contributed by atoms with Gasteiger partial charge in [-0.15, -0.1) is 0 Å². The lowest BCUT2D eigenvalue weighted by molar-refractivity contribution is 0.0632. The van der Waals surface area contributed by atoms with Crippen molar-refractivity contribution < 1.29 is 13.2 Å². The van der Waals surface area contributed by atoms with E-state index in [1.54, 1.807) is 14.0 Å².